The molecule has 0 amide bonds. The molecule has 9 aliphatic rings. The first kappa shape index (κ1) is 63.6. The van der Waals surface area contributed by atoms with Gasteiger partial charge in [-0.3, -0.25) is 4.79 Å². The van der Waals surface area contributed by atoms with Crippen LogP contribution in [0.2, 0.25) is 0 Å². The van der Waals surface area contributed by atoms with Gasteiger partial charge in [-0.25, -0.2) is 0 Å². The normalized spacial score (nSPS) is 44.9. The van der Waals surface area contributed by atoms with Crippen LogP contribution in [0.25, 0.3) is 0 Å². The largest absolute Gasteiger partial charge is 0.432 e. The Morgan fingerprint density at radius 3 is 1.95 bits per heavy atom. The fourth-order valence-corrected chi connectivity index (χ4v) is 18.7. The van der Waals surface area contributed by atoms with Crippen LogP contribution in [0.4, 0.5) is 0 Å². The van der Waals surface area contributed by atoms with Gasteiger partial charge in [0.1, 0.15) is 36.6 Å². The molecule has 0 radical (unpaired) electrons. The van der Waals surface area contributed by atoms with Crippen molar-refractivity contribution in [2.75, 3.05) is 13.2 Å². The highest BCUT2D eigenvalue weighted by molar-refractivity contribution is 5.79. The van der Waals surface area contributed by atoms with Crippen LogP contribution in [0.3, 0.4) is 0 Å². The molecule has 3 aromatic carbocycles. The van der Waals surface area contributed by atoms with Crippen molar-refractivity contribution in [1.29, 1.82) is 0 Å². The van der Waals surface area contributed by atoms with E-state index in [4.69, 9.17) is 57.8 Å². The quantitative estimate of drug-likeness (QED) is 0.101. The van der Waals surface area contributed by atoms with Gasteiger partial charge in [0.25, 0.3) is 0 Å². The number of nitrogens with two attached hydrogens (primary N) is 1. The zero-order chi connectivity index (χ0) is 61.3. The van der Waals surface area contributed by atoms with Crippen LogP contribution in [0, 0.1) is 68.5 Å². The number of ether oxygens (including phenoxy) is 11. The maximum Gasteiger partial charge on any atom is 0.315 e. The van der Waals surface area contributed by atoms with E-state index in [-0.39, 0.29) is 65.4 Å². The molecule has 0 aromatic heterocycles. The average molecular weight is 1200 g/mol. The van der Waals surface area contributed by atoms with Crippen molar-refractivity contribution in [3.63, 3.8) is 0 Å². The van der Waals surface area contributed by atoms with Crippen molar-refractivity contribution in [1.82, 2.24) is 0 Å². The smallest absolute Gasteiger partial charge is 0.315 e. The first-order valence-corrected chi connectivity index (χ1v) is 33.8. The molecule has 8 fully saturated rings. The summed E-state index contributed by atoms with van der Waals surface area (Å²) in [7, 11) is 0. The van der Waals surface area contributed by atoms with Gasteiger partial charge < -0.3 is 57.8 Å². The molecule has 4 heterocycles. The Bertz CT molecular complexity index is 2840. The summed E-state index contributed by atoms with van der Waals surface area (Å²) >= 11 is 0. The average Bonchev–Trinajstić information content (AvgIpc) is 1.11. The molecule has 478 valence electrons. The zero-order valence-electron chi connectivity index (χ0n) is 54.5. The van der Waals surface area contributed by atoms with Crippen LogP contribution in [-0.4, -0.2) is 98.7 Å². The first-order chi connectivity index (χ1) is 41.6. The number of carbonyl (C=O) groups is 1. The van der Waals surface area contributed by atoms with Crippen LogP contribution >= 0.6 is 0 Å². The molecule has 0 spiro atoms. The Balaban J connectivity index is 0.808. The second-order valence-corrected chi connectivity index (χ2v) is 30.4. The number of rotatable bonds is 17. The van der Waals surface area contributed by atoms with Crippen molar-refractivity contribution < 1.29 is 56.9 Å². The number of carbonyl (C=O) groups excluding carboxylic acids is 1. The summed E-state index contributed by atoms with van der Waals surface area (Å²) in [6.45, 7) is 29.6. The van der Waals surface area contributed by atoms with E-state index in [0.29, 0.717) is 37.6 Å². The molecule has 4 saturated heterocycles. The second-order valence-electron chi connectivity index (χ2n) is 30.4. The molecule has 0 bridgehead atoms. The second kappa shape index (κ2) is 25.1. The molecule has 87 heavy (non-hydrogen) atoms. The summed E-state index contributed by atoms with van der Waals surface area (Å²) in [5.74, 6) is 1.12. The molecular formula is C74H105NO12. The van der Waals surface area contributed by atoms with Gasteiger partial charge in [0.15, 0.2) is 18.4 Å². The van der Waals surface area contributed by atoms with E-state index in [9.17, 15) is 0 Å². The van der Waals surface area contributed by atoms with E-state index in [1.165, 1.54) is 31.3 Å². The van der Waals surface area contributed by atoms with E-state index in [2.05, 4.69) is 92.7 Å². The number of allylic oxidation sites excluding steroid dienone is 2. The van der Waals surface area contributed by atoms with Crippen LogP contribution < -0.4 is 5.73 Å². The van der Waals surface area contributed by atoms with E-state index in [1.54, 1.807) is 0 Å². The van der Waals surface area contributed by atoms with Crippen LogP contribution in [-0.2, 0) is 76.7 Å². The maximum atomic E-state index is 16.1. The highest BCUT2D eigenvalue weighted by Gasteiger charge is 2.69. The molecule has 14 unspecified atom stereocenters. The van der Waals surface area contributed by atoms with E-state index in [0.717, 1.165) is 73.0 Å². The predicted octanol–water partition coefficient (Wildman–Crippen LogP) is 14.1. The predicted molar refractivity (Wildman–Crippen MR) is 333 cm³/mol. The molecule has 3 aromatic rings. The van der Waals surface area contributed by atoms with Crippen molar-refractivity contribution in [2.24, 2.45) is 74.2 Å². The number of benzene rings is 3. The fraction of sp³-hybridized carbons (Fsp3) is 0.716. The lowest BCUT2D eigenvalue weighted by Gasteiger charge is -2.70. The summed E-state index contributed by atoms with van der Waals surface area (Å²) < 4.78 is 75.8. The van der Waals surface area contributed by atoms with Gasteiger partial charge in [-0.15, -0.1) is 0 Å². The third kappa shape index (κ3) is 11.9. The van der Waals surface area contributed by atoms with Gasteiger partial charge >= 0.3 is 5.97 Å². The molecule has 4 saturated carbocycles. The van der Waals surface area contributed by atoms with Crippen molar-refractivity contribution in [2.45, 2.75) is 253 Å². The Morgan fingerprint density at radius 2 is 1.28 bits per heavy atom. The highest BCUT2D eigenvalue weighted by Crippen LogP contribution is 2.75. The minimum absolute atomic E-state index is 0.0324. The lowest BCUT2D eigenvalue weighted by Crippen LogP contribution is -2.65. The van der Waals surface area contributed by atoms with Gasteiger partial charge in [0, 0.05) is 17.9 Å². The molecule has 13 nitrogen and oxygen atoms in total. The Labute approximate surface area is 520 Å². The molecular weight excluding hydrogens is 1090 g/mol. The molecule has 2 N–H and O–H groups in total. The van der Waals surface area contributed by atoms with Crippen LogP contribution in [0.5, 0.6) is 0 Å². The van der Waals surface area contributed by atoms with Crippen LogP contribution in [0.15, 0.2) is 103 Å². The van der Waals surface area contributed by atoms with Crippen molar-refractivity contribution in [3.8, 4) is 0 Å². The Kier molecular flexibility index (Phi) is 18.4. The van der Waals surface area contributed by atoms with Crippen molar-refractivity contribution >= 4 is 5.97 Å². The highest BCUT2D eigenvalue weighted by atomic mass is 16.8. The molecule has 13 heteroatoms. The summed E-state index contributed by atoms with van der Waals surface area (Å²) in [5.41, 5.74) is 11.7. The molecule has 12 rings (SSSR count). The minimum atomic E-state index is -1.13. The van der Waals surface area contributed by atoms with Gasteiger partial charge in [0.2, 0.25) is 6.29 Å². The Hall–Kier alpha value is -3.57. The number of esters is 1. The van der Waals surface area contributed by atoms with Gasteiger partial charge in [0.05, 0.1) is 50.7 Å². The van der Waals surface area contributed by atoms with Gasteiger partial charge in [-0.1, -0.05) is 172 Å². The van der Waals surface area contributed by atoms with Gasteiger partial charge in [-0.05, 0) is 152 Å². The topological polar surface area (TPSA) is 145 Å². The first-order valence-electron chi connectivity index (χ1n) is 33.8. The minimum Gasteiger partial charge on any atom is -0.432 e. The van der Waals surface area contributed by atoms with Crippen molar-refractivity contribution in [3.05, 3.63) is 119 Å². The number of fused-ring (bicyclic) bond motifs is 8. The van der Waals surface area contributed by atoms with E-state index in [1.807, 2.05) is 87.5 Å². The van der Waals surface area contributed by atoms with Crippen LogP contribution in [0.1, 0.15) is 170 Å². The SMILES string of the molecule is CC[C@]1(C)OC2C(O1)[C@H](OC1C(C)C(N)[C@H](COCc3ccccc3)O[C@H]1OC(=O)C13CCC(C)(C)CC1C1=CCC4C5(C)CC[C@H](C)C(C)[C@@H]5CC[C@]4(C)[C@]1(C)CC3)O[C@H](C)C2O[C@@H]1OCC(OCc2ccccc2)C(OCc2ccccc2)C1C. The summed E-state index contributed by atoms with van der Waals surface area (Å²) in [4.78, 5) is 16.1. The monoisotopic (exact) mass is 1200 g/mol. The number of hydrogen-bond acceptors (Lipinski definition) is 13. The molecule has 4 aliphatic heterocycles. The fourth-order valence-electron chi connectivity index (χ4n) is 18.7. The third-order valence-corrected chi connectivity index (χ3v) is 24.9. The zero-order valence-corrected chi connectivity index (χ0v) is 54.5. The number of hydrogen-bond donors (Lipinski definition) is 1. The van der Waals surface area contributed by atoms with Gasteiger partial charge in [-0.2, -0.15) is 0 Å². The molecule has 24 atom stereocenters. The summed E-state index contributed by atoms with van der Waals surface area (Å²) in [6.07, 6.45) is 6.32. The van der Waals surface area contributed by atoms with E-state index >= 15 is 4.79 Å². The summed E-state index contributed by atoms with van der Waals surface area (Å²) in [6, 6.07) is 29.9. The van der Waals surface area contributed by atoms with E-state index < -0.39 is 72.7 Å². The standard InChI is InChI=1S/C74H105NO12/c1-13-73(12)86-63-62(84-65-48(5)60(79-42-52-27-21-16-22-28-52)57(44-80-65)78-41-51-25-19-15-20-26-51)49(6)81-67(64(63)87-73)83-61-47(4)59(75)56(43-77-40-50-23-17-14-18-24-50)82-66(61)85-68(76)74-37-35-69(7,8)39-55(74)54-29-30-58-70(9)33-31-45(2)46(3)53(70)32-34-72(58,11)71(54,10)36-38-74/h14-29,45-49,53,55-67H,13,30-44,75H2,1-12H3/t45-,46?,47?,48?,49+,53-,55?,56-,57?,58?,59?,60?,61?,62?,63?,64?,65-,66-,67-,70?,71+,72-,73+,74?/m0/s1. The maximum absolute atomic E-state index is 16.1. The Morgan fingerprint density at radius 1 is 0.644 bits per heavy atom. The third-order valence-electron chi connectivity index (χ3n) is 24.9. The lowest BCUT2D eigenvalue weighted by atomic mass is 9.34. The lowest BCUT2D eigenvalue weighted by molar-refractivity contribution is -0.353. The molecule has 5 aliphatic carbocycles. The summed E-state index contributed by atoms with van der Waals surface area (Å²) in [5, 5.41) is 0.